The lowest BCUT2D eigenvalue weighted by atomic mass is 10.3. The molecule has 0 radical (unpaired) electrons. The van der Waals surface area contributed by atoms with Crippen molar-refractivity contribution in [2.75, 3.05) is 0 Å². The van der Waals surface area contributed by atoms with Gasteiger partial charge in [-0.15, -0.1) is 0 Å². The normalized spacial score (nSPS) is 9.25. The second kappa shape index (κ2) is 6.46. The molecular weight excluding hydrogens is 243 g/mol. The summed E-state index contributed by atoms with van der Waals surface area (Å²) in [4.78, 5) is 7.69. The van der Waals surface area contributed by atoms with Crippen LogP contribution in [0.25, 0.3) is 0 Å². The lowest BCUT2D eigenvalue weighted by Gasteiger charge is -1.87. The maximum absolute atomic E-state index is 5.50. The molecule has 4 heteroatoms. The number of rotatable bonds is 0. The van der Waals surface area contributed by atoms with Gasteiger partial charge < -0.3 is 0 Å². The Morgan fingerprint density at radius 1 is 0.750 bits per heavy atom. The molecule has 0 aliphatic carbocycles. The van der Waals surface area contributed by atoms with Gasteiger partial charge in [0, 0.05) is 12.4 Å². The van der Waals surface area contributed by atoms with Crippen molar-refractivity contribution >= 4 is 23.2 Å². The standard InChI is InChI=1S/2C6H6ClN/c2*1-5-2-3-6(7)8-4-5/h2*2-4H,1H3. The molecule has 0 atom stereocenters. The van der Waals surface area contributed by atoms with Gasteiger partial charge in [0.05, 0.1) is 0 Å². The first-order chi connectivity index (χ1) is 7.58. The van der Waals surface area contributed by atoms with Gasteiger partial charge in [-0.3, -0.25) is 0 Å². The summed E-state index contributed by atoms with van der Waals surface area (Å²) in [5, 5.41) is 1.10. The molecule has 2 heterocycles. The quantitative estimate of drug-likeness (QED) is 0.662. The second-order valence-corrected chi connectivity index (χ2v) is 4.09. The van der Waals surface area contributed by atoms with Crippen LogP contribution in [0.4, 0.5) is 0 Å². The van der Waals surface area contributed by atoms with E-state index in [0.717, 1.165) is 11.1 Å². The van der Waals surface area contributed by atoms with E-state index in [1.807, 2.05) is 26.0 Å². The van der Waals surface area contributed by atoms with Crippen molar-refractivity contribution in [2.24, 2.45) is 0 Å². The molecule has 0 bridgehead atoms. The highest BCUT2D eigenvalue weighted by Gasteiger charge is 1.84. The van der Waals surface area contributed by atoms with Gasteiger partial charge in [0.15, 0.2) is 0 Å². The van der Waals surface area contributed by atoms with Crippen LogP contribution < -0.4 is 0 Å². The minimum absolute atomic E-state index is 0.551. The first-order valence-corrected chi connectivity index (χ1v) is 5.50. The van der Waals surface area contributed by atoms with Crippen LogP contribution in [-0.2, 0) is 0 Å². The molecular formula is C12H12Cl2N2. The van der Waals surface area contributed by atoms with Gasteiger partial charge in [0.2, 0.25) is 0 Å². The molecule has 84 valence electrons. The number of aromatic nitrogens is 2. The number of aryl methyl sites for hydroxylation is 2. The van der Waals surface area contributed by atoms with Gasteiger partial charge in [-0.25, -0.2) is 9.97 Å². The molecule has 0 aliphatic rings. The Balaban J connectivity index is 0.000000160. The van der Waals surface area contributed by atoms with Crippen LogP contribution >= 0.6 is 23.2 Å². The SMILES string of the molecule is Cc1ccc(Cl)nc1.Cc1ccc(Cl)nc1. The Hall–Kier alpha value is -1.12. The summed E-state index contributed by atoms with van der Waals surface area (Å²) in [5.41, 5.74) is 2.27. The fraction of sp³-hybridized carbons (Fsp3) is 0.167. The van der Waals surface area contributed by atoms with Crippen LogP contribution in [0.15, 0.2) is 36.7 Å². The molecule has 0 fully saturated rings. The highest BCUT2D eigenvalue weighted by molar-refractivity contribution is 6.29. The van der Waals surface area contributed by atoms with Crippen LogP contribution in [0, 0.1) is 13.8 Å². The fourth-order valence-corrected chi connectivity index (χ4v) is 1.12. The third-order valence-corrected chi connectivity index (χ3v) is 2.20. The topological polar surface area (TPSA) is 25.8 Å². The summed E-state index contributed by atoms with van der Waals surface area (Å²) in [6, 6.07) is 7.40. The van der Waals surface area contributed by atoms with Crippen LogP contribution in [0.1, 0.15) is 11.1 Å². The zero-order chi connectivity index (χ0) is 12.0. The molecule has 0 unspecified atom stereocenters. The van der Waals surface area contributed by atoms with Gasteiger partial charge in [-0.2, -0.15) is 0 Å². The van der Waals surface area contributed by atoms with Crippen LogP contribution in [0.2, 0.25) is 10.3 Å². The summed E-state index contributed by atoms with van der Waals surface area (Å²) < 4.78 is 0. The maximum atomic E-state index is 5.50. The van der Waals surface area contributed by atoms with Crippen LogP contribution in [-0.4, -0.2) is 9.97 Å². The maximum Gasteiger partial charge on any atom is 0.129 e. The van der Waals surface area contributed by atoms with E-state index >= 15 is 0 Å². The van der Waals surface area contributed by atoms with E-state index in [9.17, 15) is 0 Å². The van der Waals surface area contributed by atoms with Gasteiger partial charge in [0.25, 0.3) is 0 Å². The van der Waals surface area contributed by atoms with E-state index in [4.69, 9.17) is 23.2 Å². The van der Waals surface area contributed by atoms with Gasteiger partial charge in [0.1, 0.15) is 10.3 Å². The highest BCUT2D eigenvalue weighted by atomic mass is 35.5. The number of halogens is 2. The molecule has 2 aromatic heterocycles. The van der Waals surface area contributed by atoms with Gasteiger partial charge >= 0.3 is 0 Å². The van der Waals surface area contributed by atoms with E-state index < -0.39 is 0 Å². The highest BCUT2D eigenvalue weighted by Crippen LogP contribution is 2.03. The Morgan fingerprint density at radius 2 is 1.12 bits per heavy atom. The van der Waals surface area contributed by atoms with E-state index in [0.29, 0.717) is 10.3 Å². The molecule has 16 heavy (non-hydrogen) atoms. The van der Waals surface area contributed by atoms with Crippen LogP contribution in [0.3, 0.4) is 0 Å². The number of pyridine rings is 2. The van der Waals surface area contributed by atoms with E-state index in [1.165, 1.54) is 0 Å². The first-order valence-electron chi connectivity index (χ1n) is 4.74. The molecule has 0 saturated carbocycles. The molecule has 0 saturated heterocycles. The minimum atomic E-state index is 0.551. The predicted molar refractivity (Wildman–Crippen MR) is 68.0 cm³/mol. The Morgan fingerprint density at radius 3 is 1.31 bits per heavy atom. The van der Waals surface area contributed by atoms with E-state index in [2.05, 4.69) is 9.97 Å². The second-order valence-electron chi connectivity index (χ2n) is 3.32. The van der Waals surface area contributed by atoms with Gasteiger partial charge in [-0.1, -0.05) is 35.3 Å². The largest absolute Gasteiger partial charge is 0.244 e. The third kappa shape index (κ3) is 5.10. The lowest BCUT2D eigenvalue weighted by molar-refractivity contribution is 1.27. The van der Waals surface area contributed by atoms with Crippen molar-refractivity contribution in [1.29, 1.82) is 0 Å². The first kappa shape index (κ1) is 12.9. The smallest absolute Gasteiger partial charge is 0.129 e. The van der Waals surface area contributed by atoms with E-state index in [-0.39, 0.29) is 0 Å². The van der Waals surface area contributed by atoms with Crippen molar-refractivity contribution in [3.05, 3.63) is 58.1 Å². The predicted octanol–water partition coefficient (Wildman–Crippen LogP) is 4.09. The van der Waals surface area contributed by atoms with Gasteiger partial charge in [-0.05, 0) is 37.1 Å². The fourth-order valence-electron chi connectivity index (χ4n) is 0.900. The molecule has 2 nitrogen and oxygen atoms in total. The molecule has 0 aliphatic heterocycles. The Bertz CT molecular complexity index is 338. The van der Waals surface area contributed by atoms with E-state index in [1.54, 1.807) is 24.5 Å². The summed E-state index contributed by atoms with van der Waals surface area (Å²) >= 11 is 11.0. The average molecular weight is 255 g/mol. The molecule has 2 aromatic rings. The van der Waals surface area contributed by atoms with Crippen molar-refractivity contribution in [2.45, 2.75) is 13.8 Å². The molecule has 0 spiro atoms. The molecule has 0 aromatic carbocycles. The molecule has 0 N–H and O–H groups in total. The number of nitrogens with zero attached hydrogens (tertiary/aromatic N) is 2. The summed E-state index contributed by atoms with van der Waals surface area (Å²) in [6.45, 7) is 3.95. The molecule has 0 amide bonds. The zero-order valence-electron chi connectivity index (χ0n) is 9.11. The van der Waals surface area contributed by atoms with Crippen LogP contribution in [0.5, 0.6) is 0 Å². The van der Waals surface area contributed by atoms with Crippen molar-refractivity contribution in [3.8, 4) is 0 Å². The summed E-state index contributed by atoms with van der Waals surface area (Å²) in [5.74, 6) is 0. The average Bonchev–Trinajstić information content (AvgIpc) is 2.28. The van der Waals surface area contributed by atoms with Crippen molar-refractivity contribution < 1.29 is 0 Å². The third-order valence-electron chi connectivity index (χ3n) is 1.75. The zero-order valence-corrected chi connectivity index (χ0v) is 10.6. The summed E-state index contributed by atoms with van der Waals surface area (Å²) in [6.07, 6.45) is 3.48. The van der Waals surface area contributed by atoms with Crippen molar-refractivity contribution in [3.63, 3.8) is 0 Å². The minimum Gasteiger partial charge on any atom is -0.244 e. The Labute approximate surface area is 105 Å². The monoisotopic (exact) mass is 254 g/mol. The lowest BCUT2D eigenvalue weighted by Crippen LogP contribution is -1.73. The number of hydrogen-bond donors (Lipinski definition) is 0. The summed E-state index contributed by atoms with van der Waals surface area (Å²) in [7, 11) is 0. The Kier molecular flexibility index (Phi) is 5.23. The molecule has 2 rings (SSSR count). The number of hydrogen-bond acceptors (Lipinski definition) is 2. The van der Waals surface area contributed by atoms with Crippen molar-refractivity contribution in [1.82, 2.24) is 9.97 Å².